The molecular formula is C10H17F3N2O3. The van der Waals surface area contributed by atoms with Crippen molar-refractivity contribution in [2.45, 2.75) is 51.4 Å². The van der Waals surface area contributed by atoms with Crippen molar-refractivity contribution >= 4 is 12.0 Å². The Labute approximate surface area is 103 Å². The number of rotatable bonds is 5. The van der Waals surface area contributed by atoms with Crippen molar-refractivity contribution in [2.24, 2.45) is 0 Å². The summed E-state index contributed by atoms with van der Waals surface area (Å²) in [5.41, 5.74) is -1.03. The third-order valence-corrected chi connectivity index (χ3v) is 1.96. The van der Waals surface area contributed by atoms with Gasteiger partial charge in [0, 0.05) is 11.6 Å². The molecule has 0 fully saturated rings. The van der Waals surface area contributed by atoms with Crippen molar-refractivity contribution < 1.29 is 27.9 Å². The Balaban J connectivity index is 4.22. The molecule has 1 atom stereocenters. The highest BCUT2D eigenvalue weighted by molar-refractivity contribution is 5.76. The maximum absolute atomic E-state index is 12.0. The number of hydrogen-bond acceptors (Lipinski definition) is 2. The molecule has 0 aliphatic heterocycles. The molecule has 0 aliphatic rings. The van der Waals surface area contributed by atoms with E-state index in [4.69, 9.17) is 5.11 Å². The van der Waals surface area contributed by atoms with Crippen LogP contribution in [0.25, 0.3) is 0 Å². The van der Waals surface area contributed by atoms with Crippen LogP contribution in [0.3, 0.4) is 0 Å². The predicted molar refractivity (Wildman–Crippen MR) is 58.1 cm³/mol. The van der Waals surface area contributed by atoms with Gasteiger partial charge in [-0.2, -0.15) is 13.2 Å². The molecule has 0 aromatic heterocycles. The topological polar surface area (TPSA) is 78.4 Å². The summed E-state index contributed by atoms with van der Waals surface area (Å²) in [6, 6.07) is -1.90. The Bertz CT molecular complexity index is 316. The third-order valence-electron chi connectivity index (χ3n) is 1.96. The lowest BCUT2D eigenvalue weighted by molar-refractivity contribution is -0.139. The molecule has 18 heavy (non-hydrogen) atoms. The van der Waals surface area contributed by atoms with Gasteiger partial charge in [0.1, 0.15) is 0 Å². The summed E-state index contributed by atoms with van der Waals surface area (Å²) in [7, 11) is 0. The van der Waals surface area contributed by atoms with Gasteiger partial charge >= 0.3 is 18.2 Å². The largest absolute Gasteiger partial charge is 0.481 e. The zero-order valence-corrected chi connectivity index (χ0v) is 10.4. The number of hydrogen-bond donors (Lipinski definition) is 3. The molecule has 0 radical (unpaired) electrons. The number of alkyl halides is 3. The van der Waals surface area contributed by atoms with E-state index < -0.39 is 36.2 Å². The molecule has 0 spiro atoms. The summed E-state index contributed by atoms with van der Waals surface area (Å²) in [5, 5.41) is 13.0. The standard InChI is InChI=1S/C10H17F3N2O3/c1-6(4-10(11,12)13)14-8(18)15-9(2,3)5-7(16)17/h6H,4-5H2,1-3H3,(H,16,17)(H2,14,15,18). The van der Waals surface area contributed by atoms with Gasteiger partial charge in [-0.25, -0.2) is 4.79 Å². The number of carbonyl (C=O) groups excluding carboxylic acids is 1. The number of carboxylic acid groups (broad SMARTS) is 1. The van der Waals surface area contributed by atoms with Crippen LogP contribution in [0.15, 0.2) is 0 Å². The maximum atomic E-state index is 12.0. The third kappa shape index (κ3) is 8.66. The van der Waals surface area contributed by atoms with E-state index >= 15 is 0 Å². The second-order valence-corrected chi connectivity index (χ2v) is 4.77. The van der Waals surface area contributed by atoms with Gasteiger partial charge in [-0.1, -0.05) is 0 Å². The van der Waals surface area contributed by atoms with Crippen molar-refractivity contribution in [3.05, 3.63) is 0 Å². The summed E-state index contributed by atoms with van der Waals surface area (Å²) in [4.78, 5) is 21.8. The minimum atomic E-state index is -4.36. The first-order valence-corrected chi connectivity index (χ1v) is 5.28. The molecule has 2 amide bonds. The molecular weight excluding hydrogens is 253 g/mol. The van der Waals surface area contributed by atoms with Crippen LogP contribution in [0.2, 0.25) is 0 Å². The summed E-state index contributed by atoms with van der Waals surface area (Å²) in [6.07, 6.45) is -5.82. The maximum Gasteiger partial charge on any atom is 0.391 e. The second-order valence-electron chi connectivity index (χ2n) is 4.77. The zero-order valence-electron chi connectivity index (χ0n) is 10.4. The van der Waals surface area contributed by atoms with Crippen molar-refractivity contribution in [2.75, 3.05) is 0 Å². The monoisotopic (exact) mass is 270 g/mol. The van der Waals surface area contributed by atoms with Crippen LogP contribution in [0, 0.1) is 0 Å². The normalized spacial score (nSPS) is 13.9. The molecule has 3 N–H and O–H groups in total. The fraction of sp³-hybridized carbons (Fsp3) is 0.800. The van der Waals surface area contributed by atoms with Crippen molar-refractivity contribution in [1.82, 2.24) is 10.6 Å². The number of aliphatic carboxylic acids is 1. The van der Waals surface area contributed by atoms with Crippen LogP contribution >= 0.6 is 0 Å². The van der Waals surface area contributed by atoms with Gasteiger partial charge in [0.05, 0.1) is 12.8 Å². The molecule has 8 heteroatoms. The van der Waals surface area contributed by atoms with E-state index in [1.807, 2.05) is 0 Å². The molecule has 0 heterocycles. The van der Waals surface area contributed by atoms with Crippen LogP contribution < -0.4 is 10.6 Å². The summed E-state index contributed by atoms with van der Waals surface area (Å²) >= 11 is 0. The molecule has 0 aromatic rings. The lowest BCUT2D eigenvalue weighted by Gasteiger charge is -2.26. The highest BCUT2D eigenvalue weighted by Crippen LogP contribution is 2.21. The Morgan fingerprint density at radius 1 is 1.28 bits per heavy atom. The van der Waals surface area contributed by atoms with Crippen molar-refractivity contribution in [1.29, 1.82) is 0 Å². The van der Waals surface area contributed by atoms with E-state index in [9.17, 15) is 22.8 Å². The molecule has 0 saturated carbocycles. The summed E-state index contributed by atoms with van der Waals surface area (Å²) < 4.78 is 36.1. The van der Waals surface area contributed by atoms with Gasteiger partial charge in [0.2, 0.25) is 0 Å². The molecule has 0 aliphatic carbocycles. The number of halogens is 3. The minimum Gasteiger partial charge on any atom is -0.481 e. The Morgan fingerprint density at radius 2 is 1.78 bits per heavy atom. The second kappa shape index (κ2) is 5.92. The number of nitrogens with one attached hydrogen (secondary N) is 2. The molecule has 5 nitrogen and oxygen atoms in total. The Hall–Kier alpha value is -1.47. The van der Waals surface area contributed by atoms with E-state index in [0.717, 1.165) is 0 Å². The number of carboxylic acids is 1. The van der Waals surface area contributed by atoms with E-state index in [2.05, 4.69) is 10.6 Å². The summed E-state index contributed by atoms with van der Waals surface area (Å²) in [5.74, 6) is -1.11. The molecule has 106 valence electrons. The SMILES string of the molecule is CC(CC(F)(F)F)NC(=O)NC(C)(C)CC(=O)O. The van der Waals surface area contributed by atoms with Crippen LogP contribution in [0.1, 0.15) is 33.6 Å². The first-order valence-electron chi connectivity index (χ1n) is 5.28. The van der Waals surface area contributed by atoms with Gasteiger partial charge in [-0.3, -0.25) is 4.79 Å². The van der Waals surface area contributed by atoms with Crippen LogP contribution in [-0.2, 0) is 4.79 Å². The van der Waals surface area contributed by atoms with E-state index in [-0.39, 0.29) is 6.42 Å². The van der Waals surface area contributed by atoms with Crippen LogP contribution in [0.4, 0.5) is 18.0 Å². The predicted octanol–water partition coefficient (Wildman–Crippen LogP) is 1.88. The quantitative estimate of drug-likeness (QED) is 0.713. The number of carbonyl (C=O) groups is 2. The molecule has 0 aromatic carbocycles. The molecule has 0 saturated heterocycles. The van der Waals surface area contributed by atoms with E-state index in [0.29, 0.717) is 0 Å². The summed E-state index contributed by atoms with van der Waals surface area (Å²) in [6.45, 7) is 4.15. The molecule has 0 rings (SSSR count). The van der Waals surface area contributed by atoms with Crippen LogP contribution in [0.5, 0.6) is 0 Å². The smallest absolute Gasteiger partial charge is 0.391 e. The van der Waals surface area contributed by atoms with Crippen molar-refractivity contribution in [3.8, 4) is 0 Å². The van der Waals surface area contributed by atoms with Gasteiger partial charge in [0.15, 0.2) is 0 Å². The van der Waals surface area contributed by atoms with E-state index in [1.54, 1.807) is 0 Å². The first-order chi connectivity index (χ1) is 7.91. The number of urea groups is 1. The molecule has 0 bridgehead atoms. The number of amides is 2. The van der Waals surface area contributed by atoms with Gasteiger partial charge in [0.25, 0.3) is 0 Å². The lowest BCUT2D eigenvalue weighted by atomic mass is 10.0. The highest BCUT2D eigenvalue weighted by Gasteiger charge is 2.31. The van der Waals surface area contributed by atoms with Gasteiger partial charge in [-0.05, 0) is 20.8 Å². The Morgan fingerprint density at radius 3 is 2.17 bits per heavy atom. The minimum absolute atomic E-state index is 0.325. The molecule has 1 unspecified atom stereocenters. The highest BCUT2D eigenvalue weighted by atomic mass is 19.4. The first kappa shape index (κ1) is 16.5. The van der Waals surface area contributed by atoms with Gasteiger partial charge in [-0.15, -0.1) is 0 Å². The lowest BCUT2D eigenvalue weighted by Crippen LogP contribution is -2.51. The Kier molecular flexibility index (Phi) is 5.44. The fourth-order valence-corrected chi connectivity index (χ4v) is 1.39. The average molecular weight is 270 g/mol. The van der Waals surface area contributed by atoms with Gasteiger partial charge < -0.3 is 15.7 Å². The van der Waals surface area contributed by atoms with Crippen LogP contribution in [-0.4, -0.2) is 34.9 Å². The zero-order chi connectivity index (χ0) is 14.6. The fourth-order valence-electron chi connectivity index (χ4n) is 1.39. The average Bonchev–Trinajstić information content (AvgIpc) is 1.92. The van der Waals surface area contributed by atoms with Crippen molar-refractivity contribution in [3.63, 3.8) is 0 Å². The van der Waals surface area contributed by atoms with E-state index in [1.165, 1.54) is 20.8 Å².